The molecule has 0 aliphatic heterocycles. The average molecular weight is 442 g/mol. The third kappa shape index (κ3) is 4.57. The third-order valence-electron chi connectivity index (χ3n) is 4.92. The van der Waals surface area contributed by atoms with E-state index in [0.29, 0.717) is 16.5 Å². The van der Waals surface area contributed by atoms with Crippen molar-refractivity contribution < 1.29 is 9.00 Å². The van der Waals surface area contributed by atoms with E-state index >= 15 is 0 Å². The lowest BCUT2D eigenvalue weighted by molar-refractivity contribution is -0.120. The molecule has 1 aliphatic carbocycles. The number of carbonyl (C=O) groups excluding carboxylic acids is 1. The highest BCUT2D eigenvalue weighted by Gasteiger charge is 2.33. The Kier molecular flexibility index (Phi) is 5.66. The minimum atomic E-state index is -1.10. The van der Waals surface area contributed by atoms with Gasteiger partial charge in [0.05, 0.1) is 33.9 Å². The molecule has 0 saturated heterocycles. The molecule has 7 nitrogen and oxygen atoms in total. The first-order valence-electron chi connectivity index (χ1n) is 9.67. The summed E-state index contributed by atoms with van der Waals surface area (Å²) in [5.74, 6) is -0.161. The summed E-state index contributed by atoms with van der Waals surface area (Å²) in [7, 11) is -1.10. The largest absolute Gasteiger partial charge is 0.325 e. The van der Waals surface area contributed by atoms with Crippen molar-refractivity contribution in [2.45, 2.75) is 44.3 Å². The Morgan fingerprint density at radius 3 is 2.57 bits per heavy atom. The first-order valence-corrected chi connectivity index (χ1v) is 11.8. The van der Waals surface area contributed by atoms with Crippen LogP contribution >= 0.6 is 11.3 Å². The number of aryl methyl sites for hydroxylation is 1. The van der Waals surface area contributed by atoms with Crippen molar-refractivity contribution in [1.82, 2.24) is 15.0 Å². The van der Waals surface area contributed by atoms with Crippen LogP contribution < -0.4 is 10.0 Å². The van der Waals surface area contributed by atoms with Gasteiger partial charge in [-0.05, 0) is 45.7 Å². The Morgan fingerprint density at radius 1 is 1.17 bits per heavy atom. The fourth-order valence-electron chi connectivity index (χ4n) is 2.79. The standard InChI is InChI=1S/C21H23N5O2S2/c1-13-10-22-11-17(23-13)14-4-6-15(7-5-14)24-19(27)21(2,3)18-12-29-20(25-18)26-30(28)16-8-9-16/h4-7,10-12,16H,8-9H2,1-3H3,(H,24,27)(H,25,26). The van der Waals surface area contributed by atoms with Gasteiger partial charge in [-0.2, -0.15) is 0 Å². The van der Waals surface area contributed by atoms with Gasteiger partial charge in [0.15, 0.2) is 5.13 Å². The summed E-state index contributed by atoms with van der Waals surface area (Å²) in [6, 6.07) is 7.51. The molecule has 4 rings (SSSR count). The zero-order chi connectivity index (χ0) is 21.3. The lowest BCUT2D eigenvalue weighted by Gasteiger charge is -2.21. The van der Waals surface area contributed by atoms with Crippen molar-refractivity contribution in [2.75, 3.05) is 10.0 Å². The molecule has 1 unspecified atom stereocenters. The van der Waals surface area contributed by atoms with E-state index in [1.165, 1.54) is 11.3 Å². The molecule has 2 N–H and O–H groups in total. The van der Waals surface area contributed by atoms with Gasteiger partial charge in [-0.15, -0.1) is 11.3 Å². The molecule has 1 aliphatic rings. The number of hydrogen-bond acceptors (Lipinski definition) is 6. The van der Waals surface area contributed by atoms with Gasteiger partial charge in [-0.3, -0.25) is 14.5 Å². The van der Waals surface area contributed by atoms with Crippen molar-refractivity contribution in [3.8, 4) is 11.3 Å². The molecule has 9 heteroatoms. The van der Waals surface area contributed by atoms with Gasteiger partial charge in [0, 0.05) is 22.8 Å². The lowest BCUT2D eigenvalue weighted by Crippen LogP contribution is -2.35. The van der Waals surface area contributed by atoms with Crippen molar-refractivity contribution in [3.63, 3.8) is 0 Å². The first-order chi connectivity index (χ1) is 14.3. The molecule has 30 heavy (non-hydrogen) atoms. The van der Waals surface area contributed by atoms with E-state index in [9.17, 15) is 9.00 Å². The Morgan fingerprint density at radius 2 is 1.90 bits per heavy atom. The topological polar surface area (TPSA) is 96.9 Å². The second-order valence-corrected chi connectivity index (χ2v) is 10.2. The van der Waals surface area contributed by atoms with E-state index in [0.717, 1.165) is 29.8 Å². The minimum absolute atomic E-state index is 0.161. The van der Waals surface area contributed by atoms with Crippen LogP contribution in [-0.4, -0.2) is 30.3 Å². The number of rotatable bonds is 7. The quantitative estimate of drug-likeness (QED) is 0.576. The molecule has 0 radical (unpaired) electrons. The molecule has 156 valence electrons. The van der Waals surface area contributed by atoms with Crippen LogP contribution in [0.25, 0.3) is 11.3 Å². The minimum Gasteiger partial charge on any atom is -0.325 e. The molecule has 1 aromatic carbocycles. The summed E-state index contributed by atoms with van der Waals surface area (Å²) in [6.45, 7) is 5.56. The highest BCUT2D eigenvalue weighted by atomic mass is 32.2. The van der Waals surface area contributed by atoms with Crippen molar-refractivity contribution in [3.05, 3.63) is 53.4 Å². The smallest absolute Gasteiger partial charge is 0.236 e. The molecule has 0 spiro atoms. The fourth-order valence-corrected chi connectivity index (χ4v) is 4.90. The molecule has 3 aromatic rings. The molecule has 0 bridgehead atoms. The number of nitrogens with zero attached hydrogens (tertiary/aromatic N) is 3. The van der Waals surface area contributed by atoms with Crippen LogP contribution in [0.3, 0.4) is 0 Å². The molecule has 2 heterocycles. The summed E-state index contributed by atoms with van der Waals surface area (Å²) in [5, 5.41) is 5.60. The number of amides is 1. The van der Waals surface area contributed by atoms with Crippen LogP contribution in [-0.2, 0) is 21.2 Å². The number of anilines is 2. The highest BCUT2D eigenvalue weighted by Crippen LogP contribution is 2.31. The normalized spacial score (nSPS) is 14.9. The van der Waals surface area contributed by atoms with Gasteiger partial charge in [-0.25, -0.2) is 14.2 Å². The Balaban J connectivity index is 1.43. The van der Waals surface area contributed by atoms with Gasteiger partial charge in [-0.1, -0.05) is 12.1 Å². The van der Waals surface area contributed by atoms with Crippen molar-refractivity contribution in [2.24, 2.45) is 0 Å². The second-order valence-electron chi connectivity index (χ2n) is 7.84. The molecular weight excluding hydrogens is 418 g/mol. The molecule has 1 atom stereocenters. The second kappa shape index (κ2) is 8.23. The maximum absolute atomic E-state index is 12.9. The Labute approximate surface area is 182 Å². The van der Waals surface area contributed by atoms with E-state index in [2.05, 4.69) is 25.0 Å². The van der Waals surface area contributed by atoms with Crippen LogP contribution in [0.1, 0.15) is 38.1 Å². The lowest BCUT2D eigenvalue weighted by atomic mass is 9.89. The summed E-state index contributed by atoms with van der Waals surface area (Å²) >= 11 is 1.37. The van der Waals surface area contributed by atoms with Gasteiger partial charge < -0.3 is 5.32 Å². The van der Waals surface area contributed by atoms with Gasteiger partial charge in [0.1, 0.15) is 11.0 Å². The molecule has 1 saturated carbocycles. The first kappa shape index (κ1) is 20.6. The number of nitrogens with one attached hydrogen (secondary N) is 2. The molecule has 1 amide bonds. The average Bonchev–Trinajstić information content (AvgIpc) is 3.47. The molecular formula is C21H23N5O2S2. The van der Waals surface area contributed by atoms with Crippen molar-refractivity contribution in [1.29, 1.82) is 0 Å². The van der Waals surface area contributed by atoms with Gasteiger partial charge >= 0.3 is 0 Å². The summed E-state index contributed by atoms with van der Waals surface area (Å²) in [4.78, 5) is 26.1. The van der Waals surface area contributed by atoms with Crippen LogP contribution in [0.4, 0.5) is 10.8 Å². The monoisotopic (exact) mass is 441 g/mol. The summed E-state index contributed by atoms with van der Waals surface area (Å²) in [5.41, 5.74) is 3.08. The van der Waals surface area contributed by atoms with E-state index in [1.54, 1.807) is 12.4 Å². The number of hydrogen-bond donors (Lipinski definition) is 2. The van der Waals surface area contributed by atoms with E-state index < -0.39 is 16.4 Å². The SMILES string of the molecule is Cc1cncc(-c2ccc(NC(=O)C(C)(C)c3csc(NS(=O)C4CC4)n3)cc2)n1. The van der Waals surface area contributed by atoms with Gasteiger partial charge in [0.25, 0.3) is 0 Å². The van der Waals surface area contributed by atoms with Crippen LogP contribution in [0.15, 0.2) is 42.0 Å². The summed E-state index contributed by atoms with van der Waals surface area (Å²) in [6.07, 6.45) is 5.40. The zero-order valence-corrected chi connectivity index (χ0v) is 18.6. The van der Waals surface area contributed by atoms with E-state index in [-0.39, 0.29) is 11.2 Å². The maximum atomic E-state index is 12.9. The number of aromatic nitrogens is 3. The number of thiazole rings is 1. The molecule has 2 aromatic heterocycles. The van der Waals surface area contributed by atoms with Crippen LogP contribution in [0.2, 0.25) is 0 Å². The number of carbonyl (C=O) groups is 1. The van der Waals surface area contributed by atoms with Crippen LogP contribution in [0, 0.1) is 6.92 Å². The predicted octanol–water partition coefficient (Wildman–Crippen LogP) is 4.06. The molecule has 1 fully saturated rings. The highest BCUT2D eigenvalue weighted by molar-refractivity contribution is 7.87. The third-order valence-corrected chi connectivity index (χ3v) is 7.28. The maximum Gasteiger partial charge on any atom is 0.236 e. The summed E-state index contributed by atoms with van der Waals surface area (Å²) < 4.78 is 15.0. The van der Waals surface area contributed by atoms with Crippen molar-refractivity contribution >= 4 is 39.0 Å². The fraction of sp³-hybridized carbons (Fsp3) is 0.333. The van der Waals surface area contributed by atoms with E-state index in [4.69, 9.17) is 0 Å². The van der Waals surface area contributed by atoms with E-state index in [1.807, 2.05) is 50.4 Å². The predicted molar refractivity (Wildman–Crippen MR) is 121 cm³/mol. The zero-order valence-electron chi connectivity index (χ0n) is 17.0. The van der Waals surface area contributed by atoms with Gasteiger partial charge in [0.2, 0.25) is 5.91 Å². The van der Waals surface area contributed by atoms with Crippen LogP contribution in [0.5, 0.6) is 0 Å². The Bertz CT molecular complexity index is 1090. The Hall–Kier alpha value is -2.65. The number of benzene rings is 1.